The lowest BCUT2D eigenvalue weighted by atomic mass is 10.2. The van der Waals surface area contributed by atoms with Crippen molar-refractivity contribution < 1.29 is 4.74 Å². The van der Waals surface area contributed by atoms with Crippen LogP contribution in [0.2, 0.25) is 0 Å². The average molecular weight is 345 g/mol. The molecule has 0 amide bonds. The van der Waals surface area contributed by atoms with E-state index < -0.39 is 0 Å². The zero-order valence-electron chi connectivity index (χ0n) is 14.4. The topological polar surface area (TPSA) is 74.1 Å². The summed E-state index contributed by atoms with van der Waals surface area (Å²) in [6.45, 7) is 3.62. The summed E-state index contributed by atoms with van der Waals surface area (Å²) in [6, 6.07) is 4.29. The van der Waals surface area contributed by atoms with Gasteiger partial charge in [0.25, 0.3) is 0 Å². The Morgan fingerprint density at radius 2 is 2.29 bits per heavy atom. The molecule has 24 heavy (non-hydrogen) atoms. The lowest BCUT2D eigenvalue weighted by molar-refractivity contribution is 0.263. The minimum atomic E-state index is 0.310. The van der Waals surface area contributed by atoms with E-state index in [2.05, 4.69) is 38.6 Å². The molecular weight excluding hydrogens is 322 g/mol. The molecule has 0 saturated heterocycles. The first kappa shape index (κ1) is 18.3. The van der Waals surface area contributed by atoms with Crippen LogP contribution in [0.15, 0.2) is 28.4 Å². The summed E-state index contributed by atoms with van der Waals surface area (Å²) in [5.41, 5.74) is 2.23. The van der Waals surface area contributed by atoms with Crippen LogP contribution in [0, 0.1) is 11.3 Å². The summed E-state index contributed by atoms with van der Waals surface area (Å²) >= 11 is 1.53. The number of rotatable bonds is 8. The van der Waals surface area contributed by atoms with Gasteiger partial charge in [-0.15, -0.1) is 0 Å². The zero-order chi connectivity index (χ0) is 17.4. The van der Waals surface area contributed by atoms with E-state index in [1.807, 2.05) is 14.1 Å². The molecule has 128 valence electrons. The molecule has 2 rings (SSSR count). The molecule has 2 heterocycles. The smallest absolute Gasteiger partial charge is 0.316 e. The number of nitrogens with one attached hydrogen (secondary N) is 1. The van der Waals surface area contributed by atoms with Gasteiger partial charge >= 0.3 is 6.01 Å². The first-order valence-corrected chi connectivity index (χ1v) is 8.90. The molecule has 0 aromatic carbocycles. The van der Waals surface area contributed by atoms with E-state index in [4.69, 9.17) is 4.74 Å². The predicted molar refractivity (Wildman–Crippen MR) is 96.9 cm³/mol. The van der Waals surface area contributed by atoms with E-state index in [0.29, 0.717) is 23.9 Å². The summed E-state index contributed by atoms with van der Waals surface area (Å²) in [5.74, 6) is 0. The summed E-state index contributed by atoms with van der Waals surface area (Å²) in [6.07, 6.45) is 4.56. The van der Waals surface area contributed by atoms with E-state index in [-0.39, 0.29) is 0 Å². The highest BCUT2D eigenvalue weighted by Crippen LogP contribution is 2.32. The Labute approximate surface area is 147 Å². The number of ether oxygens (including phenoxy) is 1. The van der Waals surface area contributed by atoms with Crippen LogP contribution < -0.4 is 10.1 Å². The van der Waals surface area contributed by atoms with E-state index >= 15 is 0 Å². The third kappa shape index (κ3) is 5.25. The SMILES string of the molecule is CCCC1=CS/C(=C(/C#N)c2ccnc(OCCCN(C)C)n2)N1. The van der Waals surface area contributed by atoms with Crippen molar-refractivity contribution in [1.29, 1.82) is 5.26 Å². The van der Waals surface area contributed by atoms with Gasteiger partial charge in [0.05, 0.1) is 17.3 Å². The second-order valence-electron chi connectivity index (χ2n) is 5.68. The van der Waals surface area contributed by atoms with Crippen molar-refractivity contribution in [1.82, 2.24) is 20.2 Å². The lowest BCUT2D eigenvalue weighted by Gasteiger charge is -2.10. The lowest BCUT2D eigenvalue weighted by Crippen LogP contribution is -2.16. The second-order valence-corrected chi connectivity index (χ2v) is 6.56. The maximum absolute atomic E-state index is 9.53. The van der Waals surface area contributed by atoms with Gasteiger partial charge in [-0.25, -0.2) is 4.98 Å². The van der Waals surface area contributed by atoms with Crippen molar-refractivity contribution in [3.8, 4) is 12.1 Å². The van der Waals surface area contributed by atoms with Gasteiger partial charge in [0.15, 0.2) is 0 Å². The molecule has 1 aromatic rings. The quantitative estimate of drug-likeness (QED) is 0.573. The fraction of sp³-hybridized carbons (Fsp3) is 0.471. The average Bonchev–Trinajstić information content (AvgIpc) is 3.01. The Bertz CT molecular complexity index is 663. The Morgan fingerprint density at radius 1 is 1.46 bits per heavy atom. The van der Waals surface area contributed by atoms with Crippen LogP contribution in [0.5, 0.6) is 6.01 Å². The van der Waals surface area contributed by atoms with E-state index in [1.54, 1.807) is 12.3 Å². The number of nitrogens with zero attached hydrogens (tertiary/aromatic N) is 4. The largest absolute Gasteiger partial charge is 0.463 e. The summed E-state index contributed by atoms with van der Waals surface area (Å²) in [4.78, 5) is 10.6. The van der Waals surface area contributed by atoms with E-state index in [0.717, 1.165) is 36.5 Å². The van der Waals surface area contributed by atoms with Crippen LogP contribution in [0.3, 0.4) is 0 Å². The summed E-state index contributed by atoms with van der Waals surface area (Å²) in [7, 11) is 4.05. The second kappa shape index (κ2) is 9.30. The predicted octanol–water partition coefficient (Wildman–Crippen LogP) is 2.98. The molecule has 0 unspecified atom stereocenters. The first-order valence-electron chi connectivity index (χ1n) is 8.02. The van der Waals surface area contributed by atoms with E-state index in [1.165, 1.54) is 11.8 Å². The molecule has 0 bridgehead atoms. The van der Waals surface area contributed by atoms with Gasteiger partial charge in [-0.1, -0.05) is 25.1 Å². The minimum Gasteiger partial charge on any atom is -0.463 e. The van der Waals surface area contributed by atoms with Crippen LogP contribution >= 0.6 is 11.8 Å². The van der Waals surface area contributed by atoms with Gasteiger partial charge in [0.2, 0.25) is 0 Å². The molecule has 1 aliphatic rings. The zero-order valence-corrected chi connectivity index (χ0v) is 15.2. The van der Waals surface area contributed by atoms with Crippen molar-refractivity contribution >= 4 is 17.3 Å². The summed E-state index contributed by atoms with van der Waals surface area (Å²) < 4.78 is 5.59. The molecule has 0 spiro atoms. The van der Waals surface area contributed by atoms with Gasteiger partial charge in [0.1, 0.15) is 11.6 Å². The maximum Gasteiger partial charge on any atom is 0.316 e. The van der Waals surface area contributed by atoms with Crippen LogP contribution in [0.25, 0.3) is 5.57 Å². The molecule has 6 nitrogen and oxygen atoms in total. The number of hydrogen-bond donors (Lipinski definition) is 1. The van der Waals surface area contributed by atoms with Crippen LogP contribution in [-0.2, 0) is 0 Å². The molecule has 0 radical (unpaired) electrons. The highest BCUT2D eigenvalue weighted by atomic mass is 32.2. The molecule has 0 fully saturated rings. The molecule has 1 aromatic heterocycles. The molecule has 1 N–H and O–H groups in total. The van der Waals surface area contributed by atoms with Crippen molar-refractivity contribution in [2.75, 3.05) is 27.2 Å². The Balaban J connectivity index is 2.05. The number of aromatic nitrogens is 2. The summed E-state index contributed by atoms with van der Waals surface area (Å²) in [5, 5.41) is 15.7. The van der Waals surface area contributed by atoms with Gasteiger partial charge in [-0.2, -0.15) is 10.2 Å². The molecule has 0 aliphatic carbocycles. The minimum absolute atomic E-state index is 0.310. The number of nitriles is 1. The van der Waals surface area contributed by atoms with Crippen molar-refractivity contribution in [3.63, 3.8) is 0 Å². The van der Waals surface area contributed by atoms with Gasteiger partial charge in [-0.05, 0) is 38.4 Å². The van der Waals surface area contributed by atoms with Crippen molar-refractivity contribution in [2.24, 2.45) is 0 Å². The third-order valence-corrected chi connectivity index (χ3v) is 4.27. The Hall–Kier alpha value is -2.04. The fourth-order valence-corrected chi connectivity index (χ4v) is 3.06. The third-order valence-electron chi connectivity index (χ3n) is 3.32. The monoisotopic (exact) mass is 345 g/mol. The number of hydrogen-bond acceptors (Lipinski definition) is 7. The van der Waals surface area contributed by atoms with Gasteiger partial charge < -0.3 is 15.0 Å². The number of allylic oxidation sites excluding steroid dienone is 2. The van der Waals surface area contributed by atoms with Gasteiger partial charge in [-0.3, -0.25) is 0 Å². The molecule has 1 aliphatic heterocycles. The fourth-order valence-electron chi connectivity index (χ4n) is 2.17. The standard InChI is InChI=1S/C17H23N5OS/c1-4-6-13-12-24-16(20-13)14(11-18)15-7-8-19-17(21-15)23-10-5-9-22(2)3/h7-8,12,20H,4-6,9-10H2,1-3H3/b16-14-. The van der Waals surface area contributed by atoms with Crippen LogP contribution in [-0.4, -0.2) is 42.1 Å². The normalized spacial score (nSPS) is 15.7. The van der Waals surface area contributed by atoms with Crippen molar-refractivity contribution in [3.05, 3.63) is 34.1 Å². The molecule has 7 heteroatoms. The van der Waals surface area contributed by atoms with Crippen LogP contribution in [0.1, 0.15) is 31.9 Å². The molecular formula is C17H23N5OS. The highest BCUT2D eigenvalue weighted by molar-refractivity contribution is 8.06. The molecule has 0 atom stereocenters. The first-order chi connectivity index (χ1) is 11.6. The molecule has 0 saturated carbocycles. The van der Waals surface area contributed by atoms with E-state index in [9.17, 15) is 5.26 Å². The van der Waals surface area contributed by atoms with Crippen LogP contribution in [0.4, 0.5) is 0 Å². The Kier molecular flexibility index (Phi) is 7.09. The maximum atomic E-state index is 9.53. The van der Waals surface area contributed by atoms with Crippen molar-refractivity contribution in [2.45, 2.75) is 26.2 Å². The Morgan fingerprint density at radius 3 is 3.00 bits per heavy atom. The van der Waals surface area contributed by atoms with Gasteiger partial charge in [0, 0.05) is 18.4 Å². The number of thioether (sulfide) groups is 1. The highest BCUT2D eigenvalue weighted by Gasteiger charge is 2.17.